The van der Waals surface area contributed by atoms with Gasteiger partial charge in [-0.2, -0.15) is 0 Å². The van der Waals surface area contributed by atoms with Crippen molar-refractivity contribution in [3.05, 3.63) is 216 Å². The lowest BCUT2D eigenvalue weighted by molar-refractivity contribution is 0.669. The minimum Gasteiger partial charge on any atom is -0.456 e. The van der Waals surface area contributed by atoms with E-state index in [1.165, 1.54) is 77.2 Å². The highest BCUT2D eigenvalue weighted by atomic mass is 16.3. The molecule has 1 nitrogen and oxygen atoms in total. The zero-order valence-electron chi connectivity index (χ0n) is 28.4. The van der Waals surface area contributed by atoms with E-state index >= 15 is 0 Å². The Hall–Kier alpha value is -6.70. The average Bonchev–Trinajstić information content (AvgIpc) is 3.74. The van der Waals surface area contributed by atoms with Gasteiger partial charge in [0.05, 0.1) is 5.41 Å². The third-order valence-electron chi connectivity index (χ3n) is 11.3. The van der Waals surface area contributed by atoms with Gasteiger partial charge in [-0.05, 0) is 114 Å². The highest BCUT2D eigenvalue weighted by molar-refractivity contribution is 6.11. The first-order valence-corrected chi connectivity index (χ1v) is 18.0. The smallest absolute Gasteiger partial charge is 0.135 e. The molecule has 242 valence electrons. The van der Waals surface area contributed by atoms with E-state index in [4.69, 9.17) is 4.42 Å². The Morgan fingerprint density at radius 3 is 1.65 bits per heavy atom. The van der Waals surface area contributed by atoms with Gasteiger partial charge in [-0.3, -0.25) is 0 Å². The molecule has 0 unspecified atom stereocenters. The van der Waals surface area contributed by atoms with Crippen LogP contribution < -0.4 is 0 Å². The van der Waals surface area contributed by atoms with Crippen LogP contribution in [0.4, 0.5) is 0 Å². The summed E-state index contributed by atoms with van der Waals surface area (Å²) >= 11 is 0. The summed E-state index contributed by atoms with van der Waals surface area (Å²) in [6, 6.07) is 71.2. The molecule has 0 saturated carbocycles. The molecule has 1 heterocycles. The first-order valence-electron chi connectivity index (χ1n) is 18.0. The van der Waals surface area contributed by atoms with Gasteiger partial charge in [0.1, 0.15) is 11.2 Å². The van der Waals surface area contributed by atoms with E-state index in [1.54, 1.807) is 0 Å². The van der Waals surface area contributed by atoms with Crippen LogP contribution in [0.25, 0.3) is 76.9 Å². The average molecular weight is 661 g/mol. The first kappa shape index (κ1) is 29.1. The first-order chi connectivity index (χ1) is 25.8. The van der Waals surface area contributed by atoms with Crippen molar-refractivity contribution in [3.8, 4) is 33.4 Å². The SMILES string of the molecule is c1ccc(C2(c3ccccc3)c3ccccc3-c3c2cc(-c2ccc4cc(-c5ccc6oc7ccccc7c6c5)ccc4c2)c2ccccc32)cc1. The Labute approximate surface area is 302 Å². The van der Waals surface area contributed by atoms with E-state index in [2.05, 4.69) is 182 Å². The fourth-order valence-electron chi connectivity index (χ4n) is 9.04. The predicted octanol–water partition coefficient (Wildman–Crippen LogP) is 13.6. The molecular weight excluding hydrogens is 629 g/mol. The van der Waals surface area contributed by atoms with Crippen molar-refractivity contribution < 1.29 is 4.42 Å². The van der Waals surface area contributed by atoms with Crippen molar-refractivity contribution in [3.63, 3.8) is 0 Å². The van der Waals surface area contributed by atoms with Crippen LogP contribution in [-0.4, -0.2) is 0 Å². The van der Waals surface area contributed by atoms with E-state index < -0.39 is 5.41 Å². The zero-order chi connectivity index (χ0) is 34.2. The Kier molecular flexibility index (Phi) is 6.23. The molecule has 10 aromatic rings. The molecular formula is C51H32O. The molecule has 0 spiro atoms. The molecule has 0 fully saturated rings. The molecule has 11 rings (SSSR count). The highest BCUT2D eigenvalue weighted by Crippen LogP contribution is 2.59. The second kappa shape index (κ2) is 11.2. The second-order valence-electron chi connectivity index (χ2n) is 14.0. The summed E-state index contributed by atoms with van der Waals surface area (Å²) < 4.78 is 6.11. The zero-order valence-corrected chi connectivity index (χ0v) is 28.4. The van der Waals surface area contributed by atoms with E-state index in [-0.39, 0.29) is 0 Å². The number of benzene rings is 9. The van der Waals surface area contributed by atoms with Gasteiger partial charge >= 0.3 is 0 Å². The van der Waals surface area contributed by atoms with Gasteiger partial charge in [-0.15, -0.1) is 0 Å². The summed E-state index contributed by atoms with van der Waals surface area (Å²) in [7, 11) is 0. The fraction of sp³-hybridized carbons (Fsp3) is 0.0196. The van der Waals surface area contributed by atoms with Crippen molar-refractivity contribution in [2.75, 3.05) is 0 Å². The van der Waals surface area contributed by atoms with Crippen LogP contribution in [0.2, 0.25) is 0 Å². The maximum atomic E-state index is 6.11. The van der Waals surface area contributed by atoms with Gasteiger partial charge < -0.3 is 4.42 Å². The summed E-state index contributed by atoms with van der Waals surface area (Å²) in [6.45, 7) is 0. The maximum absolute atomic E-state index is 6.11. The molecule has 0 saturated heterocycles. The van der Waals surface area contributed by atoms with Crippen LogP contribution in [0.15, 0.2) is 199 Å². The van der Waals surface area contributed by atoms with Gasteiger partial charge in [-0.1, -0.05) is 158 Å². The number of fused-ring (bicyclic) bond motifs is 9. The van der Waals surface area contributed by atoms with Crippen LogP contribution in [0, 0.1) is 0 Å². The Bertz CT molecular complexity index is 2960. The lowest BCUT2D eigenvalue weighted by atomic mass is 9.67. The monoisotopic (exact) mass is 660 g/mol. The van der Waals surface area contributed by atoms with Crippen molar-refractivity contribution in [1.29, 1.82) is 0 Å². The van der Waals surface area contributed by atoms with E-state index in [0.717, 1.165) is 21.9 Å². The molecule has 1 aromatic heterocycles. The standard InChI is InChI=1S/C51H32O/c1-3-13-38(14-4-1)51(39-15-5-2-6-16-39)46-21-11-9-20-43(46)50-42-19-8-7-17-40(42)44(32-47(50)51)37-26-25-33-29-34(23-24-35(33)30-37)36-27-28-49-45(31-36)41-18-10-12-22-48(41)52-49/h1-32H. The van der Waals surface area contributed by atoms with E-state index in [0.29, 0.717) is 0 Å². The lowest BCUT2D eigenvalue weighted by Gasteiger charge is -2.34. The molecule has 9 aromatic carbocycles. The predicted molar refractivity (Wildman–Crippen MR) is 217 cm³/mol. The molecule has 1 aliphatic rings. The third-order valence-corrected chi connectivity index (χ3v) is 11.3. The Balaban J connectivity index is 1.12. The van der Waals surface area contributed by atoms with Crippen LogP contribution >= 0.6 is 0 Å². The van der Waals surface area contributed by atoms with Gasteiger partial charge in [0.15, 0.2) is 0 Å². The summed E-state index contributed by atoms with van der Waals surface area (Å²) in [5.41, 5.74) is 14.1. The molecule has 0 amide bonds. The molecule has 0 N–H and O–H groups in total. The minimum absolute atomic E-state index is 0.458. The fourth-order valence-corrected chi connectivity index (χ4v) is 9.04. The van der Waals surface area contributed by atoms with Gasteiger partial charge in [0.2, 0.25) is 0 Å². The maximum Gasteiger partial charge on any atom is 0.135 e. The molecule has 1 aliphatic carbocycles. The normalized spacial score (nSPS) is 13.2. The largest absolute Gasteiger partial charge is 0.456 e. The van der Waals surface area contributed by atoms with Gasteiger partial charge in [-0.25, -0.2) is 0 Å². The number of para-hydroxylation sites is 1. The van der Waals surface area contributed by atoms with Crippen LogP contribution in [0.3, 0.4) is 0 Å². The van der Waals surface area contributed by atoms with Crippen molar-refractivity contribution >= 4 is 43.5 Å². The Morgan fingerprint density at radius 2 is 0.885 bits per heavy atom. The summed E-state index contributed by atoms with van der Waals surface area (Å²) in [5, 5.41) is 7.30. The van der Waals surface area contributed by atoms with Crippen LogP contribution in [-0.2, 0) is 5.41 Å². The van der Waals surface area contributed by atoms with Gasteiger partial charge in [0.25, 0.3) is 0 Å². The number of rotatable bonds is 4. The van der Waals surface area contributed by atoms with E-state index in [9.17, 15) is 0 Å². The quantitative estimate of drug-likeness (QED) is 0.183. The molecule has 52 heavy (non-hydrogen) atoms. The Morgan fingerprint density at radius 1 is 0.327 bits per heavy atom. The minimum atomic E-state index is -0.458. The van der Waals surface area contributed by atoms with Crippen molar-refractivity contribution in [2.45, 2.75) is 5.41 Å². The van der Waals surface area contributed by atoms with Gasteiger partial charge in [0, 0.05) is 10.8 Å². The van der Waals surface area contributed by atoms with Crippen LogP contribution in [0.1, 0.15) is 22.3 Å². The summed E-state index contributed by atoms with van der Waals surface area (Å²) in [6.07, 6.45) is 0. The van der Waals surface area contributed by atoms with Crippen molar-refractivity contribution in [2.24, 2.45) is 0 Å². The summed E-state index contributed by atoms with van der Waals surface area (Å²) in [5.74, 6) is 0. The molecule has 1 heteroatoms. The lowest BCUT2D eigenvalue weighted by Crippen LogP contribution is -2.28. The molecule has 0 bridgehead atoms. The highest BCUT2D eigenvalue weighted by Gasteiger charge is 2.46. The van der Waals surface area contributed by atoms with Crippen LogP contribution in [0.5, 0.6) is 0 Å². The molecule has 0 atom stereocenters. The topological polar surface area (TPSA) is 13.1 Å². The number of hydrogen-bond acceptors (Lipinski definition) is 1. The number of furan rings is 1. The second-order valence-corrected chi connectivity index (χ2v) is 14.0. The summed E-state index contributed by atoms with van der Waals surface area (Å²) in [4.78, 5) is 0. The van der Waals surface area contributed by atoms with Crippen molar-refractivity contribution in [1.82, 2.24) is 0 Å². The molecule has 0 aliphatic heterocycles. The third kappa shape index (κ3) is 4.11. The molecule has 0 radical (unpaired) electrons. The van der Waals surface area contributed by atoms with E-state index in [1.807, 2.05) is 12.1 Å². The number of hydrogen-bond donors (Lipinski definition) is 0.